The summed E-state index contributed by atoms with van der Waals surface area (Å²) in [5.74, 6) is 0.911. The van der Waals surface area contributed by atoms with Gasteiger partial charge in [0.05, 0.1) is 12.8 Å². The summed E-state index contributed by atoms with van der Waals surface area (Å²) in [5.41, 5.74) is 9.11. The Morgan fingerprint density at radius 1 is 1.41 bits per heavy atom. The molecule has 0 saturated heterocycles. The zero-order valence-corrected chi connectivity index (χ0v) is 10.9. The molecule has 2 aromatic rings. The van der Waals surface area contributed by atoms with E-state index in [4.69, 9.17) is 10.5 Å². The number of aryl methyl sites for hydroxylation is 1. The van der Waals surface area contributed by atoms with Crippen molar-refractivity contribution in [3.05, 3.63) is 40.4 Å². The van der Waals surface area contributed by atoms with Gasteiger partial charge in [-0.1, -0.05) is 19.1 Å². The Balaban J connectivity index is 2.29. The van der Waals surface area contributed by atoms with Crippen LogP contribution in [0, 0.1) is 0 Å². The molecule has 0 fully saturated rings. The van der Waals surface area contributed by atoms with Crippen LogP contribution in [0.2, 0.25) is 0 Å². The molecule has 0 saturated carbocycles. The molecule has 0 aliphatic heterocycles. The van der Waals surface area contributed by atoms with Crippen LogP contribution in [0.25, 0.3) is 0 Å². The molecule has 0 bridgehead atoms. The van der Waals surface area contributed by atoms with Crippen molar-refractivity contribution in [2.75, 3.05) is 12.8 Å². The van der Waals surface area contributed by atoms with Crippen molar-refractivity contribution in [1.82, 2.24) is 4.98 Å². The van der Waals surface area contributed by atoms with Gasteiger partial charge in [0, 0.05) is 17.4 Å². The molecule has 0 unspecified atom stereocenters. The van der Waals surface area contributed by atoms with E-state index in [2.05, 4.69) is 24.0 Å². The van der Waals surface area contributed by atoms with Gasteiger partial charge < -0.3 is 10.5 Å². The summed E-state index contributed by atoms with van der Waals surface area (Å²) in [6, 6.07) is 6.29. The van der Waals surface area contributed by atoms with E-state index < -0.39 is 0 Å². The third-order valence-corrected chi connectivity index (χ3v) is 3.42. The molecule has 0 amide bonds. The number of hydrogen-bond donors (Lipinski definition) is 1. The van der Waals surface area contributed by atoms with E-state index in [1.165, 1.54) is 16.9 Å². The van der Waals surface area contributed by atoms with Crippen LogP contribution in [0.3, 0.4) is 0 Å². The lowest BCUT2D eigenvalue weighted by molar-refractivity contribution is 0.410. The lowest BCUT2D eigenvalue weighted by Gasteiger charge is -2.09. The maximum Gasteiger partial charge on any atom is 0.180 e. The van der Waals surface area contributed by atoms with Crippen molar-refractivity contribution < 1.29 is 4.74 Å². The number of ether oxygens (including phenoxy) is 1. The fraction of sp³-hybridized carbons (Fsp3) is 0.308. The van der Waals surface area contributed by atoms with E-state index in [-0.39, 0.29) is 0 Å². The van der Waals surface area contributed by atoms with Crippen LogP contribution in [0.1, 0.15) is 23.7 Å². The third-order valence-electron chi connectivity index (χ3n) is 2.69. The molecule has 0 spiro atoms. The van der Waals surface area contributed by atoms with Crippen molar-refractivity contribution in [1.29, 1.82) is 0 Å². The number of nitrogens with two attached hydrogens (primary N) is 1. The summed E-state index contributed by atoms with van der Waals surface area (Å²) in [5, 5.41) is 2.61. The largest absolute Gasteiger partial charge is 0.496 e. The Bertz CT molecular complexity index is 508. The normalized spacial score (nSPS) is 10.5. The van der Waals surface area contributed by atoms with Gasteiger partial charge in [-0.15, -0.1) is 11.3 Å². The van der Waals surface area contributed by atoms with Crippen LogP contribution in [0.15, 0.2) is 23.6 Å². The van der Waals surface area contributed by atoms with Gasteiger partial charge in [-0.25, -0.2) is 4.98 Å². The number of nitrogens with zero attached hydrogens (tertiary/aromatic N) is 1. The summed E-state index contributed by atoms with van der Waals surface area (Å²) in [6.07, 6.45) is 1.79. The second-order valence-electron chi connectivity index (χ2n) is 3.85. The Kier molecular flexibility index (Phi) is 3.64. The Morgan fingerprint density at radius 3 is 2.82 bits per heavy atom. The van der Waals surface area contributed by atoms with Crippen molar-refractivity contribution in [2.24, 2.45) is 0 Å². The average molecular weight is 248 g/mol. The molecule has 0 atom stereocenters. The molecule has 17 heavy (non-hydrogen) atoms. The minimum Gasteiger partial charge on any atom is -0.496 e. The van der Waals surface area contributed by atoms with Crippen molar-refractivity contribution in [3.63, 3.8) is 0 Å². The zero-order valence-electron chi connectivity index (χ0n) is 10.1. The first kappa shape index (κ1) is 11.9. The fourth-order valence-electron chi connectivity index (χ4n) is 1.79. The van der Waals surface area contributed by atoms with Gasteiger partial charge >= 0.3 is 0 Å². The molecule has 2 rings (SSSR count). The second-order valence-corrected chi connectivity index (χ2v) is 4.74. The van der Waals surface area contributed by atoms with Crippen LogP contribution < -0.4 is 10.5 Å². The molecule has 90 valence electrons. The molecule has 2 N–H and O–H groups in total. The zero-order chi connectivity index (χ0) is 12.3. The van der Waals surface area contributed by atoms with Crippen molar-refractivity contribution >= 4 is 16.5 Å². The number of benzene rings is 1. The van der Waals surface area contributed by atoms with E-state index in [1.54, 1.807) is 7.11 Å². The number of thiazole rings is 1. The molecule has 3 nitrogen and oxygen atoms in total. The highest BCUT2D eigenvalue weighted by Gasteiger charge is 2.07. The molecule has 1 aromatic carbocycles. The summed E-state index contributed by atoms with van der Waals surface area (Å²) >= 11 is 1.47. The highest BCUT2D eigenvalue weighted by molar-refractivity contribution is 7.13. The SMILES string of the molecule is CCc1ccc(OC)c(Cc2csc(N)n2)c1. The minimum atomic E-state index is 0.616. The number of nitrogen functional groups attached to an aromatic ring is 1. The Morgan fingerprint density at radius 2 is 2.24 bits per heavy atom. The lowest BCUT2D eigenvalue weighted by Crippen LogP contribution is -1.96. The van der Waals surface area contributed by atoms with Gasteiger partial charge in [0.25, 0.3) is 0 Å². The molecule has 0 aliphatic carbocycles. The van der Waals surface area contributed by atoms with Crippen LogP contribution in [-0.4, -0.2) is 12.1 Å². The van der Waals surface area contributed by atoms with Gasteiger partial charge in [0.1, 0.15) is 5.75 Å². The van der Waals surface area contributed by atoms with Crippen LogP contribution in [0.4, 0.5) is 5.13 Å². The summed E-state index contributed by atoms with van der Waals surface area (Å²) in [4.78, 5) is 4.28. The molecule has 1 aromatic heterocycles. The first-order chi connectivity index (χ1) is 8.22. The molecule has 0 radical (unpaired) electrons. The molecule has 1 heterocycles. The van der Waals surface area contributed by atoms with E-state index in [0.717, 1.165) is 29.8 Å². The van der Waals surface area contributed by atoms with Crippen LogP contribution in [0.5, 0.6) is 5.75 Å². The van der Waals surface area contributed by atoms with Crippen molar-refractivity contribution in [2.45, 2.75) is 19.8 Å². The lowest BCUT2D eigenvalue weighted by atomic mass is 10.0. The number of hydrogen-bond acceptors (Lipinski definition) is 4. The monoisotopic (exact) mass is 248 g/mol. The summed E-state index contributed by atoms with van der Waals surface area (Å²) in [6.45, 7) is 2.15. The number of anilines is 1. The van der Waals surface area contributed by atoms with Gasteiger partial charge in [-0.3, -0.25) is 0 Å². The molecular formula is C13H16N2OS. The standard InChI is InChI=1S/C13H16N2OS/c1-3-9-4-5-12(16-2)10(6-9)7-11-8-17-13(14)15-11/h4-6,8H,3,7H2,1-2H3,(H2,14,15). The smallest absolute Gasteiger partial charge is 0.180 e. The van der Waals surface area contributed by atoms with E-state index in [9.17, 15) is 0 Å². The van der Waals surface area contributed by atoms with Gasteiger partial charge in [0.2, 0.25) is 0 Å². The third kappa shape index (κ3) is 2.77. The highest BCUT2D eigenvalue weighted by atomic mass is 32.1. The van der Waals surface area contributed by atoms with Crippen LogP contribution in [-0.2, 0) is 12.8 Å². The predicted molar refractivity (Wildman–Crippen MR) is 71.7 cm³/mol. The van der Waals surface area contributed by atoms with Gasteiger partial charge in [-0.05, 0) is 18.1 Å². The molecule has 0 aliphatic rings. The number of aromatic nitrogens is 1. The summed E-state index contributed by atoms with van der Waals surface area (Å²) < 4.78 is 5.37. The maximum absolute atomic E-state index is 5.64. The maximum atomic E-state index is 5.64. The first-order valence-electron chi connectivity index (χ1n) is 5.58. The van der Waals surface area contributed by atoms with Crippen LogP contribution >= 0.6 is 11.3 Å². The topological polar surface area (TPSA) is 48.1 Å². The van der Waals surface area contributed by atoms with E-state index >= 15 is 0 Å². The predicted octanol–water partition coefficient (Wildman–Crippen LogP) is 2.89. The minimum absolute atomic E-state index is 0.616. The highest BCUT2D eigenvalue weighted by Crippen LogP contribution is 2.24. The number of methoxy groups -OCH3 is 1. The molecule has 4 heteroatoms. The van der Waals surface area contributed by atoms with Gasteiger partial charge in [0.15, 0.2) is 5.13 Å². The average Bonchev–Trinajstić information content (AvgIpc) is 2.74. The first-order valence-corrected chi connectivity index (χ1v) is 6.46. The van der Waals surface area contributed by atoms with E-state index in [0.29, 0.717) is 5.13 Å². The quantitative estimate of drug-likeness (QED) is 0.905. The Hall–Kier alpha value is -1.55. The van der Waals surface area contributed by atoms with Crippen molar-refractivity contribution in [3.8, 4) is 5.75 Å². The molecular weight excluding hydrogens is 232 g/mol. The second kappa shape index (κ2) is 5.19. The summed E-state index contributed by atoms with van der Waals surface area (Å²) in [7, 11) is 1.69. The van der Waals surface area contributed by atoms with Gasteiger partial charge in [-0.2, -0.15) is 0 Å². The Labute approximate surface area is 105 Å². The number of rotatable bonds is 4. The van der Waals surface area contributed by atoms with E-state index in [1.807, 2.05) is 11.4 Å². The fourth-order valence-corrected chi connectivity index (χ4v) is 2.35.